The highest BCUT2D eigenvalue weighted by Crippen LogP contribution is 2.25. The Kier molecular flexibility index (Phi) is 1.86. The first-order valence-electron chi connectivity index (χ1n) is 2.85. The minimum atomic E-state index is -4.41. The molecular formula is C5H6F3N3. The molecule has 6 heteroatoms. The number of nitrogens with zero attached hydrogens (tertiary/aromatic N) is 1. The van der Waals surface area contributed by atoms with E-state index < -0.39 is 12.0 Å². The molecule has 11 heavy (non-hydrogen) atoms. The summed E-state index contributed by atoms with van der Waals surface area (Å²) in [6.07, 6.45) is -3.34. The second-order valence-corrected chi connectivity index (χ2v) is 1.96. The van der Waals surface area contributed by atoms with Gasteiger partial charge >= 0.3 is 6.18 Å². The molecule has 3 N–H and O–H groups in total. The molecule has 0 saturated carbocycles. The fourth-order valence-electron chi connectivity index (χ4n) is 0.607. The number of hydrogen-bond donors (Lipinski definition) is 2. The van der Waals surface area contributed by atoms with Gasteiger partial charge < -0.3 is 10.7 Å². The van der Waals surface area contributed by atoms with Gasteiger partial charge in [-0.3, -0.25) is 0 Å². The largest absolute Gasteiger partial charge is 0.449 e. The monoisotopic (exact) mass is 165 g/mol. The van der Waals surface area contributed by atoms with E-state index in [2.05, 4.69) is 4.98 Å². The Morgan fingerprint density at radius 1 is 1.55 bits per heavy atom. The summed E-state index contributed by atoms with van der Waals surface area (Å²) >= 11 is 0. The number of H-pyrrole nitrogens is 1. The normalized spacial score (nSPS) is 12.0. The predicted octanol–water partition coefficient (Wildman–Crippen LogP) is 0.887. The summed E-state index contributed by atoms with van der Waals surface area (Å²) in [7, 11) is 0. The lowest BCUT2D eigenvalue weighted by atomic mass is 10.5. The molecule has 0 aromatic carbocycles. The van der Waals surface area contributed by atoms with Crippen LogP contribution in [0.25, 0.3) is 0 Å². The molecule has 0 fully saturated rings. The Morgan fingerprint density at radius 2 is 2.18 bits per heavy atom. The Bertz CT molecular complexity index is 239. The van der Waals surface area contributed by atoms with Gasteiger partial charge in [-0.05, 0) is 0 Å². The fraction of sp³-hybridized carbons (Fsp3) is 0.400. The van der Waals surface area contributed by atoms with Crippen LogP contribution in [-0.4, -0.2) is 9.97 Å². The number of halogens is 3. The highest BCUT2D eigenvalue weighted by molar-refractivity contribution is 5.02. The topological polar surface area (TPSA) is 54.7 Å². The molecule has 0 spiro atoms. The third kappa shape index (κ3) is 1.70. The molecule has 1 heterocycles. The van der Waals surface area contributed by atoms with Crippen LogP contribution in [-0.2, 0) is 12.7 Å². The number of aromatic nitrogens is 2. The quantitative estimate of drug-likeness (QED) is 0.649. The van der Waals surface area contributed by atoms with Crippen LogP contribution in [0.4, 0.5) is 13.2 Å². The first kappa shape index (κ1) is 8.06. The highest BCUT2D eigenvalue weighted by atomic mass is 19.4. The van der Waals surface area contributed by atoms with Crippen molar-refractivity contribution in [3.05, 3.63) is 17.7 Å². The van der Waals surface area contributed by atoms with Crippen LogP contribution in [0.15, 0.2) is 6.20 Å². The van der Waals surface area contributed by atoms with Crippen molar-refractivity contribution >= 4 is 0 Å². The first-order valence-corrected chi connectivity index (χ1v) is 2.85. The van der Waals surface area contributed by atoms with Crippen LogP contribution in [0.2, 0.25) is 0 Å². The number of nitrogens with two attached hydrogens (primary N) is 1. The van der Waals surface area contributed by atoms with Crippen molar-refractivity contribution in [2.75, 3.05) is 0 Å². The third-order valence-electron chi connectivity index (χ3n) is 1.12. The van der Waals surface area contributed by atoms with Crippen LogP contribution >= 0.6 is 0 Å². The van der Waals surface area contributed by atoms with Gasteiger partial charge in [0.1, 0.15) is 0 Å². The van der Waals surface area contributed by atoms with Gasteiger partial charge in [0.25, 0.3) is 0 Å². The molecule has 0 aliphatic carbocycles. The summed E-state index contributed by atoms with van der Waals surface area (Å²) in [6.45, 7) is 0.0308. The van der Waals surface area contributed by atoms with Gasteiger partial charge in [0, 0.05) is 18.4 Å². The maximum absolute atomic E-state index is 11.8. The van der Waals surface area contributed by atoms with Crippen molar-refractivity contribution in [3.63, 3.8) is 0 Å². The molecular weight excluding hydrogens is 159 g/mol. The fourth-order valence-corrected chi connectivity index (χ4v) is 0.607. The second-order valence-electron chi connectivity index (χ2n) is 1.96. The number of alkyl halides is 3. The lowest BCUT2D eigenvalue weighted by Crippen LogP contribution is -2.07. The van der Waals surface area contributed by atoms with Gasteiger partial charge in [0.05, 0.1) is 0 Å². The molecule has 0 bridgehead atoms. The Hall–Kier alpha value is -1.04. The first-order chi connectivity index (χ1) is 5.04. The van der Waals surface area contributed by atoms with Gasteiger partial charge in [-0.1, -0.05) is 0 Å². The molecule has 1 aromatic rings. The minimum Gasteiger partial charge on any atom is -0.337 e. The summed E-state index contributed by atoms with van der Waals surface area (Å²) in [6, 6.07) is 0. The number of rotatable bonds is 1. The van der Waals surface area contributed by atoms with Crippen molar-refractivity contribution < 1.29 is 13.2 Å². The van der Waals surface area contributed by atoms with Crippen molar-refractivity contribution in [1.82, 2.24) is 9.97 Å². The Balaban J connectivity index is 2.89. The average Bonchev–Trinajstić information content (AvgIpc) is 2.32. The van der Waals surface area contributed by atoms with E-state index in [1.807, 2.05) is 4.98 Å². The Morgan fingerprint density at radius 3 is 2.45 bits per heavy atom. The molecule has 0 unspecified atom stereocenters. The van der Waals surface area contributed by atoms with Crippen molar-refractivity contribution in [2.45, 2.75) is 12.7 Å². The van der Waals surface area contributed by atoms with Crippen molar-refractivity contribution in [1.29, 1.82) is 0 Å². The van der Waals surface area contributed by atoms with Crippen LogP contribution in [0.1, 0.15) is 11.5 Å². The summed E-state index contributed by atoms with van der Waals surface area (Å²) in [5, 5.41) is 0. The molecule has 1 rings (SSSR count). The maximum Gasteiger partial charge on any atom is 0.449 e. The highest BCUT2D eigenvalue weighted by Gasteiger charge is 2.34. The predicted molar refractivity (Wildman–Crippen MR) is 31.5 cm³/mol. The van der Waals surface area contributed by atoms with E-state index in [4.69, 9.17) is 5.73 Å². The zero-order valence-corrected chi connectivity index (χ0v) is 5.44. The molecule has 0 aliphatic heterocycles. The van der Waals surface area contributed by atoms with E-state index in [-0.39, 0.29) is 12.2 Å². The minimum absolute atomic E-state index is 0.0308. The number of hydrogen-bond acceptors (Lipinski definition) is 2. The smallest absolute Gasteiger partial charge is 0.337 e. The van der Waals surface area contributed by atoms with Gasteiger partial charge in [-0.25, -0.2) is 4.98 Å². The summed E-state index contributed by atoms with van der Waals surface area (Å²) in [5.74, 6) is -1.00. The number of imidazole rings is 1. The van der Waals surface area contributed by atoms with Crippen LogP contribution in [0, 0.1) is 0 Å². The molecule has 62 valence electrons. The number of aromatic amines is 1. The molecule has 0 atom stereocenters. The van der Waals surface area contributed by atoms with Crippen molar-refractivity contribution in [3.8, 4) is 0 Å². The summed E-state index contributed by atoms with van der Waals surface area (Å²) in [4.78, 5) is 5.14. The van der Waals surface area contributed by atoms with E-state index in [1.165, 1.54) is 0 Å². The van der Waals surface area contributed by atoms with Crippen LogP contribution < -0.4 is 5.73 Å². The third-order valence-corrected chi connectivity index (χ3v) is 1.12. The second kappa shape index (κ2) is 2.54. The zero-order valence-electron chi connectivity index (χ0n) is 5.44. The standard InChI is InChI=1S/C5H6F3N3/c6-5(7,8)4-10-2-3(1-9)11-4/h2H,1,9H2,(H,10,11). The lowest BCUT2D eigenvalue weighted by molar-refractivity contribution is -0.144. The van der Waals surface area contributed by atoms with Gasteiger partial charge in [-0.15, -0.1) is 0 Å². The van der Waals surface area contributed by atoms with Crippen molar-refractivity contribution in [2.24, 2.45) is 5.73 Å². The lowest BCUT2D eigenvalue weighted by Gasteiger charge is -1.99. The zero-order chi connectivity index (χ0) is 8.48. The van der Waals surface area contributed by atoms with Gasteiger partial charge in [-0.2, -0.15) is 13.2 Å². The van der Waals surface area contributed by atoms with E-state index in [0.717, 1.165) is 6.20 Å². The van der Waals surface area contributed by atoms with Gasteiger partial charge in [0.2, 0.25) is 5.82 Å². The molecule has 1 aromatic heterocycles. The SMILES string of the molecule is NCc1cnc(C(F)(F)F)[nH]1. The summed E-state index contributed by atoms with van der Waals surface area (Å²) < 4.78 is 35.4. The molecule has 0 radical (unpaired) electrons. The Labute approximate surface area is 60.4 Å². The van der Waals surface area contributed by atoms with E-state index in [9.17, 15) is 13.2 Å². The van der Waals surface area contributed by atoms with E-state index >= 15 is 0 Å². The average molecular weight is 165 g/mol. The molecule has 0 aliphatic rings. The maximum atomic E-state index is 11.8. The summed E-state index contributed by atoms with van der Waals surface area (Å²) in [5.41, 5.74) is 5.34. The van der Waals surface area contributed by atoms with E-state index in [0.29, 0.717) is 0 Å². The molecule has 0 saturated heterocycles. The molecule has 0 amide bonds. The van der Waals surface area contributed by atoms with E-state index in [1.54, 1.807) is 0 Å². The van der Waals surface area contributed by atoms with Gasteiger partial charge in [0.15, 0.2) is 0 Å². The number of nitrogens with one attached hydrogen (secondary N) is 1. The molecule has 3 nitrogen and oxygen atoms in total. The van der Waals surface area contributed by atoms with Crippen LogP contribution in [0.5, 0.6) is 0 Å². The van der Waals surface area contributed by atoms with Crippen LogP contribution in [0.3, 0.4) is 0 Å².